The number of aryl methyl sites for hydroxylation is 1. The molecular formula is C16H20N4O2S2. The van der Waals surface area contributed by atoms with Crippen molar-refractivity contribution in [1.29, 1.82) is 0 Å². The van der Waals surface area contributed by atoms with Gasteiger partial charge < -0.3 is 10.1 Å². The molecule has 8 heteroatoms. The summed E-state index contributed by atoms with van der Waals surface area (Å²) < 4.78 is 9.38. The van der Waals surface area contributed by atoms with Crippen LogP contribution in [0.2, 0.25) is 0 Å². The Labute approximate surface area is 150 Å². The molecule has 0 unspecified atom stereocenters. The summed E-state index contributed by atoms with van der Waals surface area (Å²) in [5.74, 6) is 0.508. The average molecular weight is 364 g/mol. The summed E-state index contributed by atoms with van der Waals surface area (Å²) in [5.41, 5.74) is 1.37. The molecule has 2 aromatic rings. The summed E-state index contributed by atoms with van der Waals surface area (Å²) in [6.45, 7) is 4.61. The average Bonchev–Trinajstić information content (AvgIpc) is 2.99. The van der Waals surface area contributed by atoms with E-state index in [1.165, 1.54) is 12.8 Å². The summed E-state index contributed by atoms with van der Waals surface area (Å²) in [6, 6.07) is 7.45. The number of amides is 1. The normalized spacial score (nSPS) is 10.2. The molecule has 0 saturated heterocycles. The zero-order valence-electron chi connectivity index (χ0n) is 13.7. The van der Waals surface area contributed by atoms with Gasteiger partial charge in [-0.3, -0.25) is 10.1 Å². The highest BCUT2D eigenvalue weighted by Crippen LogP contribution is 2.16. The molecule has 0 bridgehead atoms. The van der Waals surface area contributed by atoms with Crippen molar-refractivity contribution in [3.63, 3.8) is 0 Å². The van der Waals surface area contributed by atoms with E-state index in [0.29, 0.717) is 10.6 Å². The Hall–Kier alpha value is -2.06. The lowest BCUT2D eigenvalue weighted by atomic mass is 10.2. The number of hydrogen-bond acceptors (Lipinski definition) is 6. The maximum atomic E-state index is 12.0. The summed E-state index contributed by atoms with van der Waals surface area (Å²) in [5, 5.41) is 9.61. The maximum Gasteiger partial charge on any atom is 0.271 e. The van der Waals surface area contributed by atoms with E-state index in [4.69, 9.17) is 17.0 Å². The van der Waals surface area contributed by atoms with Gasteiger partial charge in [-0.25, -0.2) is 0 Å². The van der Waals surface area contributed by atoms with E-state index in [2.05, 4.69) is 27.1 Å². The molecule has 2 N–H and O–H groups in total. The molecule has 6 nitrogen and oxygen atoms in total. The fourth-order valence-electron chi connectivity index (χ4n) is 1.94. The first-order valence-electron chi connectivity index (χ1n) is 7.74. The van der Waals surface area contributed by atoms with Crippen LogP contribution in [0.1, 0.15) is 41.6 Å². The summed E-state index contributed by atoms with van der Waals surface area (Å²) >= 11 is 6.19. The number of anilines is 1. The molecule has 0 fully saturated rings. The molecule has 0 atom stereocenters. The number of unbranched alkanes of at least 4 members (excludes halogenated alkanes) is 2. The van der Waals surface area contributed by atoms with Gasteiger partial charge in [-0.05, 0) is 61.4 Å². The van der Waals surface area contributed by atoms with E-state index >= 15 is 0 Å². The Kier molecular flexibility index (Phi) is 7.07. The topological polar surface area (TPSA) is 76.1 Å². The number of benzene rings is 1. The lowest BCUT2D eigenvalue weighted by molar-refractivity contribution is 0.0981. The molecule has 24 heavy (non-hydrogen) atoms. The van der Waals surface area contributed by atoms with Gasteiger partial charge in [0.15, 0.2) is 5.11 Å². The molecule has 2 rings (SSSR count). The molecule has 0 radical (unpaired) electrons. The number of ether oxygens (including phenoxy) is 1. The van der Waals surface area contributed by atoms with E-state index in [0.717, 1.165) is 36.0 Å². The zero-order chi connectivity index (χ0) is 17.4. The van der Waals surface area contributed by atoms with E-state index in [1.54, 1.807) is 6.92 Å². The quantitative estimate of drug-likeness (QED) is 0.578. The van der Waals surface area contributed by atoms with Crippen molar-refractivity contribution < 1.29 is 9.53 Å². The molecule has 0 saturated carbocycles. The lowest BCUT2D eigenvalue weighted by Crippen LogP contribution is -2.34. The van der Waals surface area contributed by atoms with Gasteiger partial charge in [0, 0.05) is 5.69 Å². The van der Waals surface area contributed by atoms with Crippen molar-refractivity contribution >= 4 is 40.5 Å². The van der Waals surface area contributed by atoms with Crippen LogP contribution in [0.3, 0.4) is 0 Å². The molecule has 0 aliphatic heterocycles. The van der Waals surface area contributed by atoms with E-state index in [-0.39, 0.29) is 11.0 Å². The second-order valence-electron chi connectivity index (χ2n) is 5.18. The summed E-state index contributed by atoms with van der Waals surface area (Å²) in [6.07, 6.45) is 3.40. The fourth-order valence-corrected chi connectivity index (χ4v) is 2.70. The standard InChI is InChI=1S/C16H20N4O2S2/c1-3-4-5-10-22-13-8-6-12(7-9-13)17-16(23)18-15(21)14-11(2)19-20-24-14/h6-9H,3-5,10H2,1-2H3,(H2,17,18,21,23). The number of thiocarbonyl (C=S) groups is 1. The van der Waals surface area contributed by atoms with Crippen LogP contribution in [0.15, 0.2) is 24.3 Å². The molecule has 0 spiro atoms. The van der Waals surface area contributed by atoms with E-state index < -0.39 is 0 Å². The van der Waals surface area contributed by atoms with Gasteiger partial charge in [-0.1, -0.05) is 24.3 Å². The van der Waals surface area contributed by atoms with Crippen LogP contribution in [-0.2, 0) is 0 Å². The first kappa shape index (κ1) is 18.3. The van der Waals surface area contributed by atoms with Crippen LogP contribution in [0, 0.1) is 6.92 Å². The Morgan fingerprint density at radius 3 is 2.67 bits per heavy atom. The third kappa shape index (κ3) is 5.54. The van der Waals surface area contributed by atoms with Crippen molar-refractivity contribution in [2.24, 2.45) is 0 Å². The van der Waals surface area contributed by atoms with Gasteiger partial charge >= 0.3 is 0 Å². The highest BCUT2D eigenvalue weighted by molar-refractivity contribution is 7.80. The highest BCUT2D eigenvalue weighted by atomic mass is 32.1. The molecular weight excluding hydrogens is 344 g/mol. The number of rotatable bonds is 7. The number of carbonyl (C=O) groups excluding carboxylic acids is 1. The van der Waals surface area contributed by atoms with Crippen LogP contribution in [0.4, 0.5) is 5.69 Å². The zero-order valence-corrected chi connectivity index (χ0v) is 15.3. The Morgan fingerprint density at radius 1 is 1.29 bits per heavy atom. The highest BCUT2D eigenvalue weighted by Gasteiger charge is 2.14. The van der Waals surface area contributed by atoms with Crippen molar-refractivity contribution in [3.8, 4) is 5.75 Å². The minimum absolute atomic E-state index is 0.226. The monoisotopic (exact) mass is 364 g/mol. The van der Waals surface area contributed by atoms with Gasteiger partial charge in [-0.2, -0.15) is 0 Å². The SMILES string of the molecule is CCCCCOc1ccc(NC(=S)NC(=O)c2snnc2C)cc1. The van der Waals surface area contributed by atoms with Gasteiger partial charge in [0.1, 0.15) is 10.6 Å². The number of hydrogen-bond donors (Lipinski definition) is 2. The molecule has 128 valence electrons. The second kappa shape index (κ2) is 9.29. The molecule has 1 aromatic carbocycles. The number of carbonyl (C=O) groups is 1. The number of nitrogens with zero attached hydrogens (tertiary/aromatic N) is 2. The van der Waals surface area contributed by atoms with Gasteiger partial charge in [0.2, 0.25) is 0 Å². The van der Waals surface area contributed by atoms with Crippen molar-refractivity contribution in [2.75, 3.05) is 11.9 Å². The van der Waals surface area contributed by atoms with Crippen LogP contribution in [-0.4, -0.2) is 27.2 Å². The van der Waals surface area contributed by atoms with Gasteiger partial charge in [0.05, 0.1) is 12.3 Å². The third-order valence-electron chi connectivity index (χ3n) is 3.21. The van der Waals surface area contributed by atoms with Crippen molar-refractivity contribution in [1.82, 2.24) is 14.9 Å². The lowest BCUT2D eigenvalue weighted by Gasteiger charge is -2.10. The molecule has 1 heterocycles. The van der Waals surface area contributed by atoms with E-state index in [1.807, 2.05) is 24.3 Å². The molecule has 0 aliphatic carbocycles. The largest absolute Gasteiger partial charge is 0.494 e. The van der Waals surface area contributed by atoms with Gasteiger partial charge in [0.25, 0.3) is 5.91 Å². The van der Waals surface area contributed by atoms with E-state index in [9.17, 15) is 4.79 Å². The van der Waals surface area contributed by atoms with Crippen LogP contribution in [0.25, 0.3) is 0 Å². The Bertz CT molecular complexity index is 686. The van der Waals surface area contributed by atoms with Crippen molar-refractivity contribution in [3.05, 3.63) is 34.8 Å². The minimum Gasteiger partial charge on any atom is -0.494 e. The van der Waals surface area contributed by atoms with Crippen LogP contribution < -0.4 is 15.4 Å². The number of nitrogens with one attached hydrogen (secondary N) is 2. The first-order valence-corrected chi connectivity index (χ1v) is 8.92. The third-order valence-corrected chi connectivity index (χ3v) is 4.24. The maximum absolute atomic E-state index is 12.0. The predicted octanol–water partition coefficient (Wildman–Crippen LogP) is 3.54. The smallest absolute Gasteiger partial charge is 0.271 e. The Morgan fingerprint density at radius 2 is 2.04 bits per heavy atom. The summed E-state index contributed by atoms with van der Waals surface area (Å²) in [7, 11) is 0. The molecule has 0 aliphatic rings. The van der Waals surface area contributed by atoms with Crippen molar-refractivity contribution in [2.45, 2.75) is 33.1 Å². The minimum atomic E-state index is -0.309. The van der Waals surface area contributed by atoms with Crippen LogP contribution >= 0.6 is 23.8 Å². The molecule has 1 aromatic heterocycles. The second-order valence-corrected chi connectivity index (χ2v) is 6.34. The Balaban J connectivity index is 1.81. The summed E-state index contributed by atoms with van der Waals surface area (Å²) in [4.78, 5) is 12.5. The number of aromatic nitrogens is 2. The fraction of sp³-hybridized carbons (Fsp3) is 0.375. The van der Waals surface area contributed by atoms with Gasteiger partial charge in [-0.15, -0.1) is 5.10 Å². The molecule has 1 amide bonds. The first-order chi connectivity index (χ1) is 11.6. The van der Waals surface area contributed by atoms with Crippen LogP contribution in [0.5, 0.6) is 5.75 Å². The predicted molar refractivity (Wildman–Crippen MR) is 99.8 cm³/mol.